The fourth-order valence-electron chi connectivity index (χ4n) is 1.67. The first-order valence-corrected chi connectivity index (χ1v) is 8.51. The summed E-state index contributed by atoms with van der Waals surface area (Å²) in [5, 5.41) is 0. The van der Waals surface area contributed by atoms with Gasteiger partial charge in [-0.25, -0.2) is 13.1 Å². The third kappa shape index (κ3) is 6.90. The number of benzene rings is 1. The molecule has 21 heavy (non-hydrogen) atoms. The van der Waals surface area contributed by atoms with Crippen molar-refractivity contribution < 1.29 is 13.2 Å². The van der Waals surface area contributed by atoms with Crippen molar-refractivity contribution in [3.8, 4) is 5.75 Å². The second-order valence-electron chi connectivity index (χ2n) is 5.02. The van der Waals surface area contributed by atoms with E-state index >= 15 is 0 Å². The van der Waals surface area contributed by atoms with E-state index in [1.165, 1.54) is 0 Å². The molecule has 1 aromatic rings. The van der Waals surface area contributed by atoms with Gasteiger partial charge in [-0.15, -0.1) is 0 Å². The van der Waals surface area contributed by atoms with E-state index in [1.54, 1.807) is 24.3 Å². The molecule has 6 nitrogen and oxygen atoms in total. The molecule has 1 rings (SSSR count). The van der Waals surface area contributed by atoms with Gasteiger partial charge in [0.2, 0.25) is 10.0 Å². The zero-order valence-corrected chi connectivity index (χ0v) is 13.5. The maximum absolute atomic E-state index is 12.1. The van der Waals surface area contributed by atoms with E-state index in [-0.39, 0.29) is 4.90 Å². The Morgan fingerprint density at radius 2 is 1.86 bits per heavy atom. The molecule has 0 radical (unpaired) electrons. The summed E-state index contributed by atoms with van der Waals surface area (Å²) in [5.74, 6) is 0.648. The fourth-order valence-corrected chi connectivity index (χ4v) is 2.75. The number of hydrogen-bond acceptors (Lipinski definition) is 5. The Hall–Kier alpha value is -1.15. The molecule has 120 valence electrons. The lowest BCUT2D eigenvalue weighted by Gasteiger charge is -2.11. The smallest absolute Gasteiger partial charge is 0.240 e. The van der Waals surface area contributed by atoms with Crippen LogP contribution in [0.1, 0.15) is 12.8 Å². The molecule has 0 fully saturated rings. The lowest BCUT2D eigenvalue weighted by atomic mass is 10.3. The van der Waals surface area contributed by atoms with Crippen molar-refractivity contribution in [3.05, 3.63) is 24.3 Å². The van der Waals surface area contributed by atoms with Gasteiger partial charge in [0.15, 0.2) is 0 Å². The Bertz CT molecular complexity index is 501. The first kappa shape index (κ1) is 17.9. The number of ether oxygens (including phenoxy) is 1. The maximum Gasteiger partial charge on any atom is 0.240 e. The van der Waals surface area contributed by atoms with Gasteiger partial charge in [0, 0.05) is 6.54 Å². The molecule has 0 aliphatic heterocycles. The predicted molar refractivity (Wildman–Crippen MR) is 84.0 cm³/mol. The molecule has 0 atom stereocenters. The van der Waals surface area contributed by atoms with Gasteiger partial charge in [-0.1, -0.05) is 0 Å². The molecule has 3 N–H and O–H groups in total. The number of rotatable bonds is 10. The van der Waals surface area contributed by atoms with Crippen molar-refractivity contribution in [2.24, 2.45) is 5.73 Å². The van der Waals surface area contributed by atoms with Gasteiger partial charge in [-0.2, -0.15) is 0 Å². The largest absolute Gasteiger partial charge is 0.494 e. The number of sulfonamides is 1. The first-order valence-electron chi connectivity index (χ1n) is 7.03. The molecule has 0 bridgehead atoms. The molecule has 1 aromatic carbocycles. The number of nitrogens with zero attached hydrogens (tertiary/aromatic N) is 1. The van der Waals surface area contributed by atoms with E-state index in [2.05, 4.69) is 4.72 Å². The zero-order valence-electron chi connectivity index (χ0n) is 12.7. The Balaban J connectivity index is 2.50. The van der Waals surface area contributed by atoms with Gasteiger partial charge in [0.1, 0.15) is 5.75 Å². The highest BCUT2D eigenvalue weighted by molar-refractivity contribution is 7.89. The minimum atomic E-state index is -3.44. The quantitative estimate of drug-likeness (QED) is 0.619. The summed E-state index contributed by atoms with van der Waals surface area (Å²) >= 11 is 0. The van der Waals surface area contributed by atoms with Crippen LogP contribution in [0.25, 0.3) is 0 Å². The van der Waals surface area contributed by atoms with E-state index in [4.69, 9.17) is 10.5 Å². The second kappa shape index (κ2) is 8.99. The normalized spacial score (nSPS) is 11.8. The van der Waals surface area contributed by atoms with Gasteiger partial charge >= 0.3 is 0 Å². The molecule has 7 heteroatoms. The Morgan fingerprint density at radius 3 is 2.43 bits per heavy atom. The number of nitrogens with one attached hydrogen (secondary N) is 1. The molecule has 0 saturated heterocycles. The van der Waals surface area contributed by atoms with Crippen LogP contribution in [-0.2, 0) is 10.0 Å². The van der Waals surface area contributed by atoms with Crippen LogP contribution in [0.2, 0.25) is 0 Å². The second-order valence-corrected chi connectivity index (χ2v) is 6.78. The third-order valence-corrected chi connectivity index (χ3v) is 4.30. The Labute approximate surface area is 127 Å². The summed E-state index contributed by atoms with van der Waals surface area (Å²) in [6.07, 6.45) is 1.54. The van der Waals surface area contributed by atoms with Crippen molar-refractivity contribution >= 4 is 10.0 Å². The lowest BCUT2D eigenvalue weighted by molar-refractivity contribution is 0.313. The van der Waals surface area contributed by atoms with Crippen LogP contribution in [-0.4, -0.2) is 53.7 Å². The van der Waals surface area contributed by atoms with Crippen molar-refractivity contribution in [1.29, 1.82) is 0 Å². The van der Waals surface area contributed by atoms with Gasteiger partial charge in [-0.3, -0.25) is 0 Å². The van der Waals surface area contributed by atoms with Gasteiger partial charge in [0.25, 0.3) is 0 Å². The van der Waals surface area contributed by atoms with Crippen LogP contribution >= 0.6 is 0 Å². The molecule has 0 aliphatic rings. The van der Waals surface area contributed by atoms with E-state index in [9.17, 15) is 8.42 Å². The maximum atomic E-state index is 12.1. The van der Waals surface area contributed by atoms with Gasteiger partial charge in [0.05, 0.1) is 11.5 Å². The van der Waals surface area contributed by atoms with Crippen LogP contribution in [0.4, 0.5) is 0 Å². The topological polar surface area (TPSA) is 84.7 Å². The SMILES string of the molecule is CN(C)CCCNS(=O)(=O)c1ccc(OCCCN)cc1. The average Bonchev–Trinajstić information content (AvgIpc) is 2.44. The van der Waals surface area contributed by atoms with Crippen molar-refractivity contribution in [3.63, 3.8) is 0 Å². The first-order chi connectivity index (χ1) is 9.95. The molecule has 0 amide bonds. The minimum absolute atomic E-state index is 0.249. The summed E-state index contributed by atoms with van der Waals surface area (Å²) in [6, 6.07) is 6.41. The summed E-state index contributed by atoms with van der Waals surface area (Å²) in [7, 11) is 0.468. The highest BCUT2D eigenvalue weighted by atomic mass is 32.2. The molecule has 0 heterocycles. The highest BCUT2D eigenvalue weighted by Gasteiger charge is 2.13. The summed E-state index contributed by atoms with van der Waals surface area (Å²) < 4.78 is 32.2. The summed E-state index contributed by atoms with van der Waals surface area (Å²) in [6.45, 7) is 2.38. The zero-order chi connectivity index (χ0) is 15.7. The standard InChI is InChI=1S/C14H25N3O3S/c1-17(2)11-4-10-16-21(18,19)14-7-5-13(6-8-14)20-12-3-9-15/h5-8,16H,3-4,9-12,15H2,1-2H3. The molecule has 0 saturated carbocycles. The van der Waals surface area contributed by atoms with Gasteiger partial charge < -0.3 is 15.4 Å². The molecular formula is C14H25N3O3S. The van der Waals surface area contributed by atoms with Crippen LogP contribution in [0, 0.1) is 0 Å². The van der Waals surface area contributed by atoms with Crippen LogP contribution in [0.3, 0.4) is 0 Å². The Morgan fingerprint density at radius 1 is 1.19 bits per heavy atom. The average molecular weight is 315 g/mol. The number of hydrogen-bond donors (Lipinski definition) is 2. The predicted octanol–water partition coefficient (Wildman–Crippen LogP) is 0.644. The fraction of sp³-hybridized carbons (Fsp3) is 0.571. The minimum Gasteiger partial charge on any atom is -0.494 e. The van der Waals surface area contributed by atoms with E-state index in [0.717, 1.165) is 19.4 Å². The molecular weight excluding hydrogens is 290 g/mol. The van der Waals surface area contributed by atoms with Crippen LogP contribution < -0.4 is 15.2 Å². The molecule has 0 aromatic heterocycles. The van der Waals surface area contributed by atoms with Gasteiger partial charge in [-0.05, 0) is 64.3 Å². The molecule has 0 aliphatic carbocycles. The third-order valence-electron chi connectivity index (χ3n) is 2.83. The van der Waals surface area contributed by atoms with Crippen LogP contribution in [0.15, 0.2) is 29.2 Å². The number of nitrogens with two attached hydrogens (primary N) is 1. The highest BCUT2D eigenvalue weighted by Crippen LogP contribution is 2.16. The summed E-state index contributed by atoms with van der Waals surface area (Å²) in [5.41, 5.74) is 5.38. The molecule has 0 spiro atoms. The monoisotopic (exact) mass is 315 g/mol. The molecule has 0 unspecified atom stereocenters. The Kier molecular flexibility index (Phi) is 7.66. The van der Waals surface area contributed by atoms with Crippen molar-refractivity contribution in [1.82, 2.24) is 9.62 Å². The van der Waals surface area contributed by atoms with E-state index < -0.39 is 10.0 Å². The van der Waals surface area contributed by atoms with Crippen molar-refractivity contribution in [2.45, 2.75) is 17.7 Å². The summed E-state index contributed by atoms with van der Waals surface area (Å²) in [4.78, 5) is 2.26. The van der Waals surface area contributed by atoms with Crippen molar-refractivity contribution in [2.75, 3.05) is 40.3 Å². The van der Waals surface area contributed by atoms with E-state index in [0.29, 0.717) is 25.4 Å². The van der Waals surface area contributed by atoms with E-state index in [1.807, 2.05) is 19.0 Å². The lowest BCUT2D eigenvalue weighted by Crippen LogP contribution is -2.27. The van der Waals surface area contributed by atoms with Crippen LogP contribution in [0.5, 0.6) is 5.75 Å².